The van der Waals surface area contributed by atoms with Crippen molar-refractivity contribution in [2.75, 3.05) is 0 Å². The van der Waals surface area contributed by atoms with Gasteiger partial charge in [0, 0.05) is 5.56 Å². The molecule has 0 atom stereocenters. The van der Waals surface area contributed by atoms with Gasteiger partial charge in [-0.2, -0.15) is 0 Å². The summed E-state index contributed by atoms with van der Waals surface area (Å²) in [7, 11) is 0. The van der Waals surface area contributed by atoms with Crippen molar-refractivity contribution in [3.63, 3.8) is 0 Å². The van der Waals surface area contributed by atoms with Crippen LogP contribution in [-0.4, -0.2) is 5.91 Å². The Morgan fingerprint density at radius 3 is 2.79 bits per heavy atom. The van der Waals surface area contributed by atoms with E-state index >= 15 is 0 Å². The second-order valence-corrected chi connectivity index (χ2v) is 3.09. The molecule has 0 bridgehead atoms. The molecule has 0 saturated carbocycles. The lowest BCUT2D eigenvalue weighted by molar-refractivity contribution is -0.114. The topological polar surface area (TPSA) is 57.2 Å². The number of benzene rings is 1. The minimum atomic E-state index is -0.627. The second-order valence-electron chi connectivity index (χ2n) is 3.09. The third kappa shape index (κ3) is 1.08. The minimum Gasteiger partial charge on any atom is -0.364 e. The van der Waals surface area contributed by atoms with Crippen LogP contribution in [0.2, 0.25) is 0 Å². The van der Waals surface area contributed by atoms with Crippen molar-refractivity contribution in [2.45, 2.75) is 6.92 Å². The van der Waals surface area contributed by atoms with Crippen LogP contribution in [0.1, 0.15) is 12.5 Å². The van der Waals surface area contributed by atoms with Gasteiger partial charge in [-0.25, -0.2) is 9.71 Å². The lowest BCUT2D eigenvalue weighted by Gasteiger charge is -1.98. The van der Waals surface area contributed by atoms with E-state index in [9.17, 15) is 9.18 Å². The fraction of sp³-hybridized carbons (Fsp3) is 0.100. The maximum absolute atomic E-state index is 13.2. The van der Waals surface area contributed by atoms with Crippen LogP contribution in [0.4, 0.5) is 10.1 Å². The zero-order valence-electron chi connectivity index (χ0n) is 7.54. The summed E-state index contributed by atoms with van der Waals surface area (Å²) in [5.41, 5.74) is 6.72. The van der Waals surface area contributed by atoms with Gasteiger partial charge < -0.3 is 5.73 Å². The van der Waals surface area contributed by atoms with E-state index in [-0.39, 0.29) is 11.4 Å². The summed E-state index contributed by atoms with van der Waals surface area (Å²) in [6, 6.07) is 4.60. The van der Waals surface area contributed by atoms with Gasteiger partial charge in [0.25, 0.3) is 5.91 Å². The van der Waals surface area contributed by atoms with Gasteiger partial charge in [-0.15, -0.1) is 0 Å². The van der Waals surface area contributed by atoms with Gasteiger partial charge in [0.2, 0.25) is 0 Å². The summed E-state index contributed by atoms with van der Waals surface area (Å²) >= 11 is 0. The predicted molar refractivity (Wildman–Crippen MR) is 50.0 cm³/mol. The lowest BCUT2D eigenvalue weighted by atomic mass is 10.1. The molecule has 1 radical (unpaired) electrons. The Hall–Kier alpha value is -1.84. The quantitative estimate of drug-likeness (QED) is 0.714. The van der Waals surface area contributed by atoms with Gasteiger partial charge in [-0.1, -0.05) is 12.1 Å². The van der Waals surface area contributed by atoms with E-state index in [1.165, 1.54) is 6.07 Å². The molecule has 0 aromatic heterocycles. The average molecular weight is 191 g/mol. The maximum atomic E-state index is 13.2. The number of rotatable bonds is 1. The second kappa shape index (κ2) is 2.83. The van der Waals surface area contributed by atoms with Gasteiger partial charge in [0.15, 0.2) is 0 Å². The van der Waals surface area contributed by atoms with Crippen molar-refractivity contribution < 1.29 is 9.18 Å². The molecule has 14 heavy (non-hydrogen) atoms. The number of carbonyl (C=O) groups excluding carboxylic acids is 1. The smallest absolute Gasteiger partial charge is 0.267 e. The normalized spacial score (nSPS) is 13.9. The van der Waals surface area contributed by atoms with Gasteiger partial charge in [0.1, 0.15) is 17.2 Å². The lowest BCUT2D eigenvalue weighted by Crippen LogP contribution is -2.17. The third-order valence-corrected chi connectivity index (χ3v) is 2.20. The van der Waals surface area contributed by atoms with Crippen LogP contribution in [0.3, 0.4) is 0 Å². The standard InChI is InChI=1S/C10H8FN2O/c1-5-6-3-2-4-7(11)9(6)13-8(5)10(12)14/h2-4H,1H3,(H2,12,14). The molecule has 0 fully saturated rings. The molecule has 1 heterocycles. The average Bonchev–Trinajstić information content (AvgIpc) is 2.46. The van der Waals surface area contributed by atoms with E-state index in [2.05, 4.69) is 5.32 Å². The number of fused-ring (bicyclic) bond motifs is 1. The summed E-state index contributed by atoms with van der Waals surface area (Å²) in [5, 5.41) is 3.86. The first-order valence-electron chi connectivity index (χ1n) is 4.12. The summed E-state index contributed by atoms with van der Waals surface area (Å²) in [5.74, 6) is -1.06. The zero-order chi connectivity index (χ0) is 10.3. The number of para-hydroxylation sites is 1. The molecule has 1 aliphatic heterocycles. The largest absolute Gasteiger partial charge is 0.364 e. The van der Waals surface area contributed by atoms with Gasteiger partial charge in [0.05, 0.1) is 0 Å². The van der Waals surface area contributed by atoms with Gasteiger partial charge >= 0.3 is 0 Å². The first-order chi connectivity index (χ1) is 6.61. The number of nitrogens with zero attached hydrogens (tertiary/aromatic N) is 1. The van der Waals surface area contributed by atoms with Crippen LogP contribution in [0.15, 0.2) is 23.9 Å². The van der Waals surface area contributed by atoms with Crippen LogP contribution >= 0.6 is 0 Å². The fourth-order valence-corrected chi connectivity index (χ4v) is 1.49. The molecule has 2 rings (SSSR count). The molecule has 1 aliphatic rings. The number of hydrogen-bond donors (Lipinski definition) is 1. The highest BCUT2D eigenvalue weighted by Gasteiger charge is 2.25. The number of halogens is 1. The highest BCUT2D eigenvalue weighted by Crippen LogP contribution is 2.35. The Morgan fingerprint density at radius 1 is 1.50 bits per heavy atom. The molecule has 71 valence electrons. The van der Waals surface area contributed by atoms with E-state index < -0.39 is 11.7 Å². The summed E-state index contributed by atoms with van der Waals surface area (Å²) in [4.78, 5) is 10.9. The molecular formula is C10H8FN2O. The Bertz CT molecular complexity index is 451. The van der Waals surface area contributed by atoms with E-state index in [0.29, 0.717) is 11.1 Å². The van der Waals surface area contributed by atoms with Crippen LogP contribution in [-0.2, 0) is 4.79 Å². The van der Waals surface area contributed by atoms with E-state index in [0.717, 1.165) is 0 Å². The Kier molecular flexibility index (Phi) is 1.77. The first-order valence-corrected chi connectivity index (χ1v) is 4.12. The van der Waals surface area contributed by atoms with Crippen LogP contribution in [0.5, 0.6) is 0 Å². The molecule has 0 spiro atoms. The van der Waals surface area contributed by atoms with E-state index in [4.69, 9.17) is 5.73 Å². The molecule has 0 unspecified atom stereocenters. The van der Waals surface area contributed by atoms with Gasteiger partial charge in [-0.05, 0) is 18.6 Å². The zero-order valence-corrected chi connectivity index (χ0v) is 7.54. The van der Waals surface area contributed by atoms with Gasteiger partial charge in [-0.3, -0.25) is 4.79 Å². The molecule has 0 saturated heterocycles. The van der Waals surface area contributed by atoms with Crippen LogP contribution in [0, 0.1) is 5.82 Å². The van der Waals surface area contributed by atoms with Crippen molar-refractivity contribution in [2.24, 2.45) is 5.73 Å². The van der Waals surface area contributed by atoms with Crippen molar-refractivity contribution in [1.82, 2.24) is 5.32 Å². The summed E-state index contributed by atoms with van der Waals surface area (Å²) in [6.45, 7) is 1.70. The molecule has 0 aliphatic carbocycles. The third-order valence-electron chi connectivity index (χ3n) is 2.20. The SMILES string of the molecule is CC1=C(C(N)=O)[N]c2c(F)cccc21. The number of carbonyl (C=O) groups is 1. The number of primary amides is 1. The molecule has 3 nitrogen and oxygen atoms in total. The number of hydrogen-bond acceptors (Lipinski definition) is 1. The van der Waals surface area contributed by atoms with Crippen LogP contribution in [0.25, 0.3) is 5.57 Å². The molecule has 4 heteroatoms. The Labute approximate surface area is 80.4 Å². The molecule has 1 aromatic carbocycles. The Morgan fingerprint density at radius 2 is 2.21 bits per heavy atom. The minimum absolute atomic E-state index is 0.144. The van der Waals surface area contributed by atoms with E-state index in [1.54, 1.807) is 19.1 Å². The summed E-state index contributed by atoms with van der Waals surface area (Å²) < 4.78 is 13.2. The Balaban J connectivity index is 2.58. The van der Waals surface area contributed by atoms with Crippen LogP contribution < -0.4 is 11.1 Å². The van der Waals surface area contributed by atoms with E-state index in [1.807, 2.05) is 0 Å². The number of amides is 1. The first kappa shape index (κ1) is 8.74. The number of nitrogens with two attached hydrogens (primary N) is 1. The van der Waals surface area contributed by atoms with Crippen molar-refractivity contribution >= 4 is 17.2 Å². The molecule has 2 N–H and O–H groups in total. The van der Waals surface area contributed by atoms with Crippen molar-refractivity contribution in [3.8, 4) is 0 Å². The number of allylic oxidation sites excluding steroid dienone is 1. The highest BCUT2D eigenvalue weighted by atomic mass is 19.1. The fourth-order valence-electron chi connectivity index (χ4n) is 1.49. The predicted octanol–water partition coefficient (Wildman–Crippen LogP) is 1.29. The van der Waals surface area contributed by atoms with Crippen molar-refractivity contribution in [1.29, 1.82) is 0 Å². The molecule has 1 aromatic rings. The highest BCUT2D eigenvalue weighted by molar-refractivity contribution is 6.03. The molecular weight excluding hydrogens is 183 g/mol. The monoisotopic (exact) mass is 191 g/mol. The summed E-state index contributed by atoms with van der Waals surface area (Å²) in [6.07, 6.45) is 0. The molecule has 1 amide bonds. The van der Waals surface area contributed by atoms with Crippen molar-refractivity contribution in [3.05, 3.63) is 35.3 Å². The maximum Gasteiger partial charge on any atom is 0.267 e.